The SMILES string of the molecule is CCCCc1noc(C(C)NCC2(c3ccccc3)CCCC2)n1. The fourth-order valence-electron chi connectivity index (χ4n) is 3.73. The summed E-state index contributed by atoms with van der Waals surface area (Å²) in [5.41, 5.74) is 1.71. The predicted octanol–water partition coefficient (Wildman–Crippen LogP) is 4.57. The van der Waals surface area contributed by atoms with Gasteiger partial charge >= 0.3 is 0 Å². The van der Waals surface area contributed by atoms with Crippen LogP contribution in [0.2, 0.25) is 0 Å². The zero-order valence-corrected chi connectivity index (χ0v) is 14.9. The Bertz CT molecular complexity index is 617. The molecule has 1 aliphatic carbocycles. The Morgan fingerprint density at radius 3 is 2.67 bits per heavy atom. The van der Waals surface area contributed by atoms with Crippen molar-refractivity contribution < 1.29 is 4.52 Å². The third kappa shape index (κ3) is 3.86. The Kier molecular flexibility index (Phi) is 5.67. The first kappa shape index (κ1) is 17.2. The van der Waals surface area contributed by atoms with Gasteiger partial charge in [0.1, 0.15) is 0 Å². The minimum Gasteiger partial charge on any atom is -0.338 e. The van der Waals surface area contributed by atoms with Crippen molar-refractivity contribution in [3.05, 3.63) is 47.6 Å². The molecule has 0 bridgehead atoms. The number of benzene rings is 1. The summed E-state index contributed by atoms with van der Waals surface area (Å²) in [4.78, 5) is 4.55. The summed E-state index contributed by atoms with van der Waals surface area (Å²) in [7, 11) is 0. The van der Waals surface area contributed by atoms with Crippen molar-refractivity contribution in [2.75, 3.05) is 6.54 Å². The molecule has 0 saturated heterocycles. The van der Waals surface area contributed by atoms with Crippen molar-refractivity contribution >= 4 is 0 Å². The first-order valence-corrected chi connectivity index (χ1v) is 9.35. The number of nitrogens with one attached hydrogen (secondary N) is 1. The van der Waals surface area contributed by atoms with E-state index in [1.807, 2.05) is 0 Å². The lowest BCUT2D eigenvalue weighted by Crippen LogP contribution is -2.37. The van der Waals surface area contributed by atoms with Gasteiger partial charge in [-0.2, -0.15) is 4.98 Å². The van der Waals surface area contributed by atoms with Crippen molar-refractivity contribution in [2.24, 2.45) is 0 Å². The molecule has 2 aromatic rings. The van der Waals surface area contributed by atoms with Crippen molar-refractivity contribution in [3.8, 4) is 0 Å². The maximum atomic E-state index is 5.45. The normalized spacial score (nSPS) is 17.9. The molecule has 1 heterocycles. The van der Waals surface area contributed by atoms with Gasteiger partial charge in [0.05, 0.1) is 6.04 Å². The molecule has 1 fully saturated rings. The minimum absolute atomic E-state index is 0.0917. The smallest absolute Gasteiger partial charge is 0.243 e. The second kappa shape index (κ2) is 7.93. The Morgan fingerprint density at radius 1 is 1.21 bits per heavy atom. The number of aryl methyl sites for hydroxylation is 1. The summed E-state index contributed by atoms with van der Waals surface area (Å²) in [5, 5.41) is 7.76. The molecule has 1 N–H and O–H groups in total. The van der Waals surface area contributed by atoms with E-state index in [1.54, 1.807) is 0 Å². The first-order chi connectivity index (χ1) is 11.7. The summed E-state index contributed by atoms with van der Waals surface area (Å²) >= 11 is 0. The van der Waals surface area contributed by atoms with E-state index in [1.165, 1.54) is 31.2 Å². The molecule has 0 spiro atoms. The predicted molar refractivity (Wildman–Crippen MR) is 95.9 cm³/mol. The summed E-state index contributed by atoms with van der Waals surface area (Å²) in [5.74, 6) is 1.54. The summed E-state index contributed by atoms with van der Waals surface area (Å²) in [6, 6.07) is 11.0. The molecule has 1 aromatic carbocycles. The van der Waals surface area contributed by atoms with Gasteiger partial charge in [-0.3, -0.25) is 0 Å². The highest BCUT2D eigenvalue weighted by Crippen LogP contribution is 2.40. The van der Waals surface area contributed by atoms with Crippen LogP contribution in [0.25, 0.3) is 0 Å². The monoisotopic (exact) mass is 327 g/mol. The second-order valence-electron chi connectivity index (χ2n) is 7.11. The van der Waals surface area contributed by atoms with Gasteiger partial charge in [0.25, 0.3) is 0 Å². The molecule has 130 valence electrons. The molecule has 1 unspecified atom stereocenters. The summed E-state index contributed by atoms with van der Waals surface area (Å²) in [6.45, 7) is 5.26. The molecule has 1 aromatic heterocycles. The van der Waals surface area contributed by atoms with Crippen LogP contribution in [0.1, 0.15) is 75.7 Å². The fourth-order valence-corrected chi connectivity index (χ4v) is 3.73. The van der Waals surface area contributed by atoms with E-state index in [4.69, 9.17) is 4.52 Å². The molecule has 1 aliphatic rings. The molecule has 24 heavy (non-hydrogen) atoms. The second-order valence-corrected chi connectivity index (χ2v) is 7.11. The summed E-state index contributed by atoms with van der Waals surface area (Å²) < 4.78 is 5.45. The average molecular weight is 327 g/mol. The third-order valence-corrected chi connectivity index (χ3v) is 5.30. The highest BCUT2D eigenvalue weighted by Gasteiger charge is 2.35. The van der Waals surface area contributed by atoms with Gasteiger partial charge in [-0.05, 0) is 31.7 Å². The standard InChI is InChI=1S/C20H29N3O/c1-3-4-12-18-22-19(24-23-18)16(2)21-15-20(13-8-9-14-20)17-10-6-5-7-11-17/h5-7,10-11,16,21H,3-4,8-9,12-15H2,1-2H3. The number of aromatic nitrogens is 2. The van der Waals surface area contributed by atoms with Gasteiger partial charge in [-0.1, -0.05) is 61.7 Å². The van der Waals surface area contributed by atoms with Crippen molar-refractivity contribution in [1.82, 2.24) is 15.5 Å². The zero-order valence-electron chi connectivity index (χ0n) is 14.9. The average Bonchev–Trinajstić information content (AvgIpc) is 3.29. The van der Waals surface area contributed by atoms with Crippen LogP contribution >= 0.6 is 0 Å². The minimum atomic E-state index is 0.0917. The zero-order chi connectivity index (χ0) is 16.8. The largest absolute Gasteiger partial charge is 0.338 e. The Labute approximate surface area is 145 Å². The van der Waals surface area contributed by atoms with Gasteiger partial charge in [0, 0.05) is 18.4 Å². The molecule has 4 nitrogen and oxygen atoms in total. The molecule has 1 saturated carbocycles. The Morgan fingerprint density at radius 2 is 1.96 bits per heavy atom. The highest BCUT2D eigenvalue weighted by atomic mass is 16.5. The number of unbranched alkanes of at least 4 members (excludes halogenated alkanes) is 1. The van der Waals surface area contributed by atoms with Crippen molar-refractivity contribution in [2.45, 2.75) is 70.3 Å². The Balaban J connectivity index is 1.63. The van der Waals surface area contributed by atoms with E-state index in [0.717, 1.165) is 31.6 Å². The molecular weight excluding hydrogens is 298 g/mol. The van der Waals surface area contributed by atoms with E-state index < -0.39 is 0 Å². The lowest BCUT2D eigenvalue weighted by Gasteiger charge is -2.31. The van der Waals surface area contributed by atoms with E-state index >= 15 is 0 Å². The quantitative estimate of drug-likeness (QED) is 0.771. The van der Waals surface area contributed by atoms with Gasteiger partial charge in [-0.25, -0.2) is 0 Å². The lowest BCUT2D eigenvalue weighted by molar-refractivity contribution is 0.313. The van der Waals surface area contributed by atoms with Crippen LogP contribution in [0.4, 0.5) is 0 Å². The van der Waals surface area contributed by atoms with Gasteiger partial charge < -0.3 is 9.84 Å². The number of nitrogens with zero attached hydrogens (tertiary/aromatic N) is 2. The molecule has 1 atom stereocenters. The van der Waals surface area contributed by atoms with Crippen molar-refractivity contribution in [3.63, 3.8) is 0 Å². The molecule has 4 heteroatoms. The first-order valence-electron chi connectivity index (χ1n) is 9.35. The maximum Gasteiger partial charge on any atom is 0.243 e. The van der Waals surface area contributed by atoms with E-state index in [-0.39, 0.29) is 11.5 Å². The molecule has 0 radical (unpaired) electrons. The van der Waals surface area contributed by atoms with Crippen LogP contribution in [-0.4, -0.2) is 16.7 Å². The Hall–Kier alpha value is -1.68. The van der Waals surface area contributed by atoms with Crippen LogP contribution < -0.4 is 5.32 Å². The highest BCUT2D eigenvalue weighted by molar-refractivity contribution is 5.27. The van der Waals surface area contributed by atoms with E-state index in [9.17, 15) is 0 Å². The number of rotatable bonds is 8. The fraction of sp³-hybridized carbons (Fsp3) is 0.600. The lowest BCUT2D eigenvalue weighted by atomic mass is 9.78. The van der Waals surface area contributed by atoms with Gasteiger partial charge in [-0.15, -0.1) is 0 Å². The van der Waals surface area contributed by atoms with Crippen LogP contribution in [0.5, 0.6) is 0 Å². The van der Waals surface area contributed by atoms with Gasteiger partial charge in [0.15, 0.2) is 5.82 Å². The van der Waals surface area contributed by atoms with Crippen LogP contribution in [-0.2, 0) is 11.8 Å². The molecule has 0 aliphatic heterocycles. The topological polar surface area (TPSA) is 51.0 Å². The van der Waals surface area contributed by atoms with Crippen molar-refractivity contribution in [1.29, 1.82) is 0 Å². The third-order valence-electron chi connectivity index (χ3n) is 5.30. The molecule has 3 rings (SSSR count). The van der Waals surface area contributed by atoms with Crippen LogP contribution in [0, 0.1) is 0 Å². The number of hydrogen-bond donors (Lipinski definition) is 1. The number of hydrogen-bond acceptors (Lipinski definition) is 4. The molecular formula is C20H29N3O. The van der Waals surface area contributed by atoms with Crippen LogP contribution in [0.3, 0.4) is 0 Å². The maximum absolute atomic E-state index is 5.45. The molecule has 0 amide bonds. The summed E-state index contributed by atoms with van der Waals surface area (Å²) in [6.07, 6.45) is 8.29. The van der Waals surface area contributed by atoms with E-state index in [0.29, 0.717) is 5.89 Å². The van der Waals surface area contributed by atoms with Gasteiger partial charge in [0.2, 0.25) is 5.89 Å². The van der Waals surface area contributed by atoms with E-state index in [2.05, 4.69) is 59.6 Å². The van der Waals surface area contributed by atoms with Crippen LogP contribution in [0.15, 0.2) is 34.9 Å².